The van der Waals surface area contributed by atoms with E-state index in [-0.39, 0.29) is 19.1 Å². The number of ether oxygens (including phenoxy) is 2. The number of hydrogen-bond acceptors (Lipinski definition) is 4. The molecule has 1 aliphatic rings. The second-order valence-electron chi connectivity index (χ2n) is 3.58. The third kappa shape index (κ3) is 5.22. The van der Waals surface area contributed by atoms with Gasteiger partial charge < -0.3 is 19.7 Å². The number of likely N-dealkylation sites (N-methyl/N-ethyl adjacent to an activating group) is 1. The summed E-state index contributed by atoms with van der Waals surface area (Å²) in [6.07, 6.45) is -6.33. The molecule has 1 fully saturated rings. The maximum Gasteiger partial charge on any atom is 0.576 e. The molecule has 1 atom stereocenters. The summed E-state index contributed by atoms with van der Waals surface area (Å²) in [4.78, 5) is 12.2. The first-order chi connectivity index (χ1) is 7.92. The molecule has 1 amide bonds. The third-order valence-electron chi connectivity index (χ3n) is 2.28. The molecule has 1 heterocycles. The molecule has 0 bridgehead atoms. The Hall–Kier alpha value is -1.02. The van der Waals surface area contributed by atoms with E-state index in [9.17, 15) is 18.0 Å². The number of alkyl halides is 3. The van der Waals surface area contributed by atoms with Gasteiger partial charge in [0.25, 0.3) is 0 Å². The van der Waals surface area contributed by atoms with Gasteiger partial charge in [-0.15, -0.1) is 13.2 Å². The molecule has 0 aromatic carbocycles. The molecule has 17 heavy (non-hydrogen) atoms. The molecule has 0 saturated carbocycles. The molecule has 1 rings (SSSR count). The summed E-state index contributed by atoms with van der Waals surface area (Å²) >= 11 is 0. The lowest BCUT2D eigenvalue weighted by Gasteiger charge is -2.29. The monoisotopic (exact) mass is 256 g/mol. The van der Waals surface area contributed by atoms with E-state index in [0.717, 1.165) is 4.90 Å². The van der Waals surface area contributed by atoms with Gasteiger partial charge in [0.2, 0.25) is 0 Å². The van der Waals surface area contributed by atoms with Crippen LogP contribution in [0.15, 0.2) is 0 Å². The van der Waals surface area contributed by atoms with E-state index < -0.39 is 12.5 Å². The normalized spacial score (nSPS) is 21.1. The van der Waals surface area contributed by atoms with Crippen LogP contribution >= 0.6 is 0 Å². The molecule has 0 spiro atoms. The second kappa shape index (κ2) is 6.06. The molecular formula is C9H15F3N2O3. The number of halogens is 3. The van der Waals surface area contributed by atoms with Gasteiger partial charge in [-0.1, -0.05) is 0 Å². The van der Waals surface area contributed by atoms with Gasteiger partial charge in [-0.25, -0.2) is 4.79 Å². The van der Waals surface area contributed by atoms with E-state index in [4.69, 9.17) is 4.74 Å². The fourth-order valence-corrected chi connectivity index (χ4v) is 1.50. The van der Waals surface area contributed by atoms with Crippen LogP contribution in [0.25, 0.3) is 0 Å². The highest BCUT2D eigenvalue weighted by molar-refractivity contribution is 5.67. The van der Waals surface area contributed by atoms with Gasteiger partial charge in [0.15, 0.2) is 0 Å². The quantitative estimate of drug-likeness (QED) is 0.817. The van der Waals surface area contributed by atoms with Crippen molar-refractivity contribution in [3.63, 3.8) is 0 Å². The lowest BCUT2D eigenvalue weighted by molar-refractivity contribution is -0.294. The first-order valence-corrected chi connectivity index (χ1v) is 5.28. The van der Waals surface area contributed by atoms with Crippen LogP contribution in [0.4, 0.5) is 18.0 Å². The van der Waals surface area contributed by atoms with Crippen molar-refractivity contribution >= 4 is 6.09 Å². The molecule has 1 aliphatic heterocycles. The van der Waals surface area contributed by atoms with Crippen molar-refractivity contribution in [3.05, 3.63) is 0 Å². The summed E-state index contributed by atoms with van der Waals surface area (Å²) in [5.41, 5.74) is 0. The molecular weight excluding hydrogens is 241 g/mol. The van der Waals surface area contributed by atoms with E-state index in [1.54, 1.807) is 6.92 Å². The van der Waals surface area contributed by atoms with Gasteiger partial charge >= 0.3 is 12.5 Å². The van der Waals surface area contributed by atoms with Crippen molar-refractivity contribution in [1.82, 2.24) is 10.2 Å². The first-order valence-electron chi connectivity index (χ1n) is 5.28. The smallest absolute Gasteiger partial charge is 0.378 e. The van der Waals surface area contributed by atoms with Crippen LogP contribution in [-0.2, 0) is 9.47 Å². The van der Waals surface area contributed by atoms with Crippen LogP contribution in [0.5, 0.6) is 0 Å². The molecule has 8 heteroatoms. The lowest BCUT2D eigenvalue weighted by atomic mass is 10.2. The van der Waals surface area contributed by atoms with E-state index >= 15 is 0 Å². The fraction of sp³-hybridized carbons (Fsp3) is 0.889. The van der Waals surface area contributed by atoms with Crippen LogP contribution < -0.4 is 5.32 Å². The number of rotatable bonds is 3. The van der Waals surface area contributed by atoms with Crippen molar-refractivity contribution in [2.24, 2.45) is 0 Å². The molecule has 0 aromatic heterocycles. The summed E-state index contributed by atoms with van der Waals surface area (Å²) < 4.78 is 44.1. The average Bonchev–Trinajstić information content (AvgIpc) is 2.24. The molecule has 0 radical (unpaired) electrons. The largest absolute Gasteiger partial charge is 0.576 e. The van der Waals surface area contributed by atoms with Crippen LogP contribution in [0.2, 0.25) is 0 Å². The zero-order chi connectivity index (χ0) is 12.9. The molecule has 0 aliphatic carbocycles. The summed E-state index contributed by atoms with van der Waals surface area (Å²) in [6, 6.07) is -0.163. The Kier molecular flexibility index (Phi) is 5.01. The highest BCUT2D eigenvalue weighted by Gasteiger charge is 2.36. The van der Waals surface area contributed by atoms with Gasteiger partial charge in [-0.2, -0.15) is 0 Å². The Morgan fingerprint density at radius 1 is 1.59 bits per heavy atom. The fourth-order valence-electron chi connectivity index (χ4n) is 1.50. The Labute approximate surface area is 96.8 Å². The van der Waals surface area contributed by atoms with Crippen LogP contribution in [-0.4, -0.2) is 56.2 Å². The number of amides is 1. The Morgan fingerprint density at radius 2 is 2.29 bits per heavy atom. The minimum Gasteiger partial charge on any atom is -0.378 e. The Morgan fingerprint density at radius 3 is 2.76 bits per heavy atom. The number of nitrogens with one attached hydrogen (secondary N) is 1. The highest BCUT2D eigenvalue weighted by atomic mass is 19.4. The number of hydrogen-bond donors (Lipinski definition) is 1. The minimum absolute atomic E-state index is 0.130. The second-order valence-corrected chi connectivity index (χ2v) is 3.58. The number of nitrogens with zero attached hydrogens (tertiary/aromatic N) is 1. The van der Waals surface area contributed by atoms with Crippen molar-refractivity contribution in [2.45, 2.75) is 19.3 Å². The Bertz CT molecular complexity index is 254. The SMILES string of the molecule is CCN(CC1COCCN1)C(=O)OC(F)(F)F. The predicted molar refractivity (Wildman–Crippen MR) is 52.4 cm³/mol. The molecule has 5 nitrogen and oxygen atoms in total. The topological polar surface area (TPSA) is 50.8 Å². The van der Waals surface area contributed by atoms with Crippen LogP contribution in [0.3, 0.4) is 0 Å². The van der Waals surface area contributed by atoms with Crippen molar-refractivity contribution < 1.29 is 27.4 Å². The van der Waals surface area contributed by atoms with E-state index in [0.29, 0.717) is 19.8 Å². The summed E-state index contributed by atoms with van der Waals surface area (Å²) in [5.74, 6) is 0. The summed E-state index contributed by atoms with van der Waals surface area (Å²) in [5, 5.41) is 3.05. The van der Waals surface area contributed by atoms with E-state index in [1.165, 1.54) is 0 Å². The van der Waals surface area contributed by atoms with Crippen molar-refractivity contribution in [3.8, 4) is 0 Å². The highest BCUT2D eigenvalue weighted by Crippen LogP contribution is 2.18. The molecule has 1 N–H and O–H groups in total. The summed E-state index contributed by atoms with van der Waals surface area (Å²) in [7, 11) is 0. The average molecular weight is 256 g/mol. The van der Waals surface area contributed by atoms with Gasteiger partial charge in [0.1, 0.15) is 0 Å². The van der Waals surface area contributed by atoms with E-state index in [2.05, 4.69) is 10.1 Å². The van der Waals surface area contributed by atoms with Gasteiger partial charge in [-0.3, -0.25) is 0 Å². The zero-order valence-corrected chi connectivity index (χ0v) is 9.42. The number of morpholine rings is 1. The number of carbonyl (C=O) groups is 1. The van der Waals surface area contributed by atoms with Crippen LogP contribution in [0.1, 0.15) is 6.92 Å². The van der Waals surface area contributed by atoms with E-state index in [1.807, 2.05) is 0 Å². The predicted octanol–water partition coefficient (Wildman–Crippen LogP) is 0.953. The maximum atomic E-state index is 11.9. The molecule has 1 unspecified atom stereocenters. The third-order valence-corrected chi connectivity index (χ3v) is 2.28. The molecule has 1 saturated heterocycles. The van der Waals surface area contributed by atoms with Gasteiger partial charge in [0.05, 0.1) is 13.2 Å². The lowest BCUT2D eigenvalue weighted by Crippen LogP contribution is -2.50. The van der Waals surface area contributed by atoms with Gasteiger partial charge in [-0.05, 0) is 6.92 Å². The molecule has 100 valence electrons. The van der Waals surface area contributed by atoms with Crippen molar-refractivity contribution in [2.75, 3.05) is 32.8 Å². The molecule has 0 aromatic rings. The minimum atomic E-state index is -4.94. The first kappa shape index (κ1) is 14.0. The Balaban J connectivity index is 2.43. The standard InChI is InChI=1S/C9H15F3N2O3/c1-2-14(8(15)17-9(10,11)12)5-7-6-16-4-3-13-7/h7,13H,2-6H2,1H3. The van der Waals surface area contributed by atoms with Gasteiger partial charge in [0, 0.05) is 25.7 Å². The van der Waals surface area contributed by atoms with Crippen LogP contribution in [0, 0.1) is 0 Å². The van der Waals surface area contributed by atoms with Crippen molar-refractivity contribution in [1.29, 1.82) is 0 Å². The number of carbonyl (C=O) groups excluding carboxylic acids is 1. The zero-order valence-electron chi connectivity index (χ0n) is 9.42. The summed E-state index contributed by atoms with van der Waals surface area (Å²) in [6.45, 7) is 3.42. The maximum absolute atomic E-state index is 11.9.